The molecular formula is C20H25NO4. The predicted octanol–water partition coefficient (Wildman–Crippen LogP) is 3.74. The molecule has 25 heavy (non-hydrogen) atoms. The molecule has 0 aliphatic rings. The number of amides is 1. The molecule has 0 spiro atoms. The van der Waals surface area contributed by atoms with Crippen LogP contribution in [0.1, 0.15) is 32.4 Å². The lowest BCUT2D eigenvalue weighted by atomic mass is 10.1. The Labute approximate surface area is 148 Å². The minimum absolute atomic E-state index is 0.125. The summed E-state index contributed by atoms with van der Waals surface area (Å²) in [4.78, 5) is 12.4. The van der Waals surface area contributed by atoms with E-state index in [1.54, 1.807) is 26.2 Å². The van der Waals surface area contributed by atoms with Crippen molar-refractivity contribution in [1.29, 1.82) is 0 Å². The molecule has 0 unspecified atom stereocenters. The van der Waals surface area contributed by atoms with Gasteiger partial charge in [0.2, 0.25) is 0 Å². The number of nitrogens with one attached hydrogen (secondary N) is 1. The number of ether oxygens (including phenoxy) is 3. The Morgan fingerprint density at radius 2 is 1.72 bits per heavy atom. The van der Waals surface area contributed by atoms with Crippen LogP contribution in [0.25, 0.3) is 0 Å². The van der Waals surface area contributed by atoms with E-state index in [9.17, 15) is 4.79 Å². The third-order valence-corrected chi connectivity index (χ3v) is 3.77. The van der Waals surface area contributed by atoms with Crippen molar-refractivity contribution in [3.8, 4) is 17.2 Å². The maximum absolute atomic E-state index is 12.4. The molecule has 0 saturated carbocycles. The van der Waals surface area contributed by atoms with Crippen molar-refractivity contribution in [3.63, 3.8) is 0 Å². The van der Waals surface area contributed by atoms with Gasteiger partial charge in [0.15, 0.2) is 6.10 Å². The number of hydrogen-bond donors (Lipinski definition) is 1. The van der Waals surface area contributed by atoms with Crippen LogP contribution in [0.2, 0.25) is 0 Å². The molecule has 0 radical (unpaired) electrons. The van der Waals surface area contributed by atoms with E-state index in [0.717, 1.165) is 11.3 Å². The van der Waals surface area contributed by atoms with E-state index in [0.29, 0.717) is 18.1 Å². The standard InChI is InChI=1S/C20H25NO4/c1-5-24-17-11-9-16(10-12-17)14(2)21-20(22)15(3)25-19-8-6-7-18(13-19)23-4/h6-15H,5H2,1-4H3,(H,21,22)/t14-,15+/m1/s1. The van der Waals surface area contributed by atoms with E-state index in [1.807, 2.05) is 50.2 Å². The van der Waals surface area contributed by atoms with Crippen LogP contribution in [-0.2, 0) is 4.79 Å². The topological polar surface area (TPSA) is 56.8 Å². The summed E-state index contributed by atoms with van der Waals surface area (Å²) < 4.78 is 16.3. The molecule has 134 valence electrons. The molecule has 2 aromatic carbocycles. The van der Waals surface area contributed by atoms with Crippen molar-refractivity contribution in [2.45, 2.75) is 32.9 Å². The Bertz CT molecular complexity index is 684. The first kappa shape index (κ1) is 18.6. The molecule has 0 bridgehead atoms. The zero-order valence-corrected chi connectivity index (χ0v) is 15.1. The Morgan fingerprint density at radius 1 is 1.04 bits per heavy atom. The second-order valence-electron chi connectivity index (χ2n) is 5.67. The monoisotopic (exact) mass is 343 g/mol. The minimum atomic E-state index is -0.614. The molecule has 5 heteroatoms. The van der Waals surface area contributed by atoms with Crippen LogP contribution in [0.15, 0.2) is 48.5 Å². The molecule has 0 saturated heterocycles. The summed E-state index contributed by atoms with van der Waals surface area (Å²) in [5.41, 5.74) is 1.00. The molecule has 0 fully saturated rings. The van der Waals surface area contributed by atoms with Crippen LogP contribution in [-0.4, -0.2) is 25.7 Å². The smallest absolute Gasteiger partial charge is 0.261 e. The molecule has 1 amide bonds. The van der Waals surface area contributed by atoms with Crippen LogP contribution in [0.4, 0.5) is 0 Å². The average Bonchev–Trinajstić information content (AvgIpc) is 2.62. The highest BCUT2D eigenvalue weighted by Gasteiger charge is 2.18. The van der Waals surface area contributed by atoms with Gasteiger partial charge in [0.05, 0.1) is 19.8 Å². The van der Waals surface area contributed by atoms with Crippen LogP contribution < -0.4 is 19.5 Å². The molecule has 0 heterocycles. The van der Waals surface area contributed by atoms with Gasteiger partial charge in [0, 0.05) is 6.07 Å². The van der Waals surface area contributed by atoms with E-state index in [2.05, 4.69) is 5.32 Å². The quantitative estimate of drug-likeness (QED) is 0.793. The molecule has 2 aromatic rings. The number of rotatable bonds is 8. The van der Waals surface area contributed by atoms with E-state index >= 15 is 0 Å². The van der Waals surface area contributed by atoms with Gasteiger partial charge in [-0.3, -0.25) is 4.79 Å². The predicted molar refractivity (Wildman–Crippen MR) is 97.3 cm³/mol. The summed E-state index contributed by atoms with van der Waals surface area (Å²) in [6.07, 6.45) is -0.614. The maximum Gasteiger partial charge on any atom is 0.261 e. The highest BCUT2D eigenvalue weighted by Crippen LogP contribution is 2.21. The van der Waals surface area contributed by atoms with Crippen molar-refractivity contribution in [1.82, 2.24) is 5.32 Å². The summed E-state index contributed by atoms with van der Waals surface area (Å²) in [5.74, 6) is 1.92. The van der Waals surface area contributed by atoms with Gasteiger partial charge in [0.1, 0.15) is 17.2 Å². The van der Waals surface area contributed by atoms with Crippen molar-refractivity contribution in [2.24, 2.45) is 0 Å². The molecule has 0 aliphatic carbocycles. The number of benzene rings is 2. The zero-order valence-electron chi connectivity index (χ0n) is 15.1. The lowest BCUT2D eigenvalue weighted by Gasteiger charge is -2.19. The van der Waals surface area contributed by atoms with Crippen LogP contribution >= 0.6 is 0 Å². The summed E-state index contributed by atoms with van der Waals surface area (Å²) in [6, 6.07) is 14.8. The van der Waals surface area contributed by atoms with E-state index in [1.165, 1.54) is 0 Å². The fourth-order valence-electron chi connectivity index (χ4n) is 2.37. The van der Waals surface area contributed by atoms with Gasteiger partial charge in [-0.15, -0.1) is 0 Å². The summed E-state index contributed by atoms with van der Waals surface area (Å²) >= 11 is 0. The molecule has 0 aromatic heterocycles. The van der Waals surface area contributed by atoms with Crippen LogP contribution in [0, 0.1) is 0 Å². The Hall–Kier alpha value is -2.69. The van der Waals surface area contributed by atoms with Crippen molar-refractivity contribution >= 4 is 5.91 Å². The lowest BCUT2D eigenvalue weighted by Crippen LogP contribution is -2.37. The number of carbonyl (C=O) groups is 1. The maximum atomic E-state index is 12.4. The normalized spacial score (nSPS) is 12.8. The Balaban J connectivity index is 1.92. The van der Waals surface area contributed by atoms with Crippen molar-refractivity contribution < 1.29 is 19.0 Å². The molecule has 1 N–H and O–H groups in total. The Kier molecular flexibility index (Phi) is 6.69. The third-order valence-electron chi connectivity index (χ3n) is 3.77. The number of methoxy groups -OCH3 is 1. The van der Waals surface area contributed by atoms with Gasteiger partial charge in [0.25, 0.3) is 5.91 Å². The van der Waals surface area contributed by atoms with Gasteiger partial charge in [-0.05, 0) is 50.6 Å². The molecule has 0 aliphatic heterocycles. The molecule has 5 nitrogen and oxygen atoms in total. The molecular weight excluding hydrogens is 318 g/mol. The van der Waals surface area contributed by atoms with Gasteiger partial charge in [-0.25, -0.2) is 0 Å². The third kappa shape index (κ3) is 5.41. The summed E-state index contributed by atoms with van der Waals surface area (Å²) in [5, 5.41) is 2.96. The van der Waals surface area contributed by atoms with E-state index in [-0.39, 0.29) is 11.9 Å². The van der Waals surface area contributed by atoms with Gasteiger partial charge < -0.3 is 19.5 Å². The fourth-order valence-corrected chi connectivity index (χ4v) is 2.37. The minimum Gasteiger partial charge on any atom is -0.497 e. The number of carbonyl (C=O) groups excluding carboxylic acids is 1. The zero-order chi connectivity index (χ0) is 18.2. The SMILES string of the molecule is CCOc1ccc([C@@H](C)NC(=O)[C@H](C)Oc2cccc(OC)c2)cc1. The van der Waals surface area contributed by atoms with E-state index in [4.69, 9.17) is 14.2 Å². The van der Waals surface area contributed by atoms with Crippen molar-refractivity contribution in [3.05, 3.63) is 54.1 Å². The first-order chi connectivity index (χ1) is 12.0. The first-order valence-corrected chi connectivity index (χ1v) is 8.37. The largest absolute Gasteiger partial charge is 0.497 e. The number of hydrogen-bond acceptors (Lipinski definition) is 4. The van der Waals surface area contributed by atoms with Crippen LogP contribution in [0.5, 0.6) is 17.2 Å². The Morgan fingerprint density at radius 3 is 2.36 bits per heavy atom. The summed E-state index contributed by atoms with van der Waals surface area (Å²) in [7, 11) is 1.59. The van der Waals surface area contributed by atoms with E-state index < -0.39 is 6.10 Å². The van der Waals surface area contributed by atoms with Gasteiger partial charge >= 0.3 is 0 Å². The van der Waals surface area contributed by atoms with Crippen molar-refractivity contribution in [2.75, 3.05) is 13.7 Å². The van der Waals surface area contributed by atoms with Gasteiger partial charge in [-0.2, -0.15) is 0 Å². The summed E-state index contributed by atoms with van der Waals surface area (Å²) in [6.45, 7) is 6.23. The first-order valence-electron chi connectivity index (χ1n) is 8.37. The highest BCUT2D eigenvalue weighted by molar-refractivity contribution is 5.81. The fraction of sp³-hybridized carbons (Fsp3) is 0.350. The molecule has 2 rings (SSSR count). The van der Waals surface area contributed by atoms with Gasteiger partial charge in [-0.1, -0.05) is 18.2 Å². The second kappa shape index (κ2) is 8.97. The average molecular weight is 343 g/mol. The lowest BCUT2D eigenvalue weighted by molar-refractivity contribution is -0.127. The highest BCUT2D eigenvalue weighted by atomic mass is 16.5. The molecule has 2 atom stereocenters. The van der Waals surface area contributed by atoms with Crippen LogP contribution in [0.3, 0.4) is 0 Å². The second-order valence-corrected chi connectivity index (χ2v) is 5.67.